The summed E-state index contributed by atoms with van der Waals surface area (Å²) < 4.78 is 0. The number of nitrogens with one attached hydrogen (secondary N) is 1. The molecule has 2 amide bonds. The van der Waals surface area contributed by atoms with Crippen LogP contribution in [0.2, 0.25) is 0 Å². The van der Waals surface area contributed by atoms with Crippen LogP contribution in [0, 0.1) is 18.3 Å². The summed E-state index contributed by atoms with van der Waals surface area (Å²) in [5, 5.41) is 13.0. The third kappa shape index (κ3) is 4.28. The lowest BCUT2D eigenvalue weighted by Crippen LogP contribution is -2.37. The van der Waals surface area contributed by atoms with Gasteiger partial charge in [-0.05, 0) is 31.7 Å². The van der Waals surface area contributed by atoms with Crippen LogP contribution in [0.3, 0.4) is 0 Å². The Balaban J connectivity index is 1.76. The van der Waals surface area contributed by atoms with Crippen molar-refractivity contribution in [3.63, 3.8) is 0 Å². The molecule has 0 spiro atoms. The van der Waals surface area contributed by atoms with Crippen LogP contribution in [0.1, 0.15) is 42.7 Å². The van der Waals surface area contributed by atoms with E-state index in [4.69, 9.17) is 0 Å². The van der Waals surface area contributed by atoms with Gasteiger partial charge in [0.05, 0.1) is 22.4 Å². The number of allylic oxidation sites excluding steroid dienone is 1. The van der Waals surface area contributed by atoms with Crippen molar-refractivity contribution < 1.29 is 9.59 Å². The lowest BCUT2D eigenvalue weighted by atomic mass is 9.87. The summed E-state index contributed by atoms with van der Waals surface area (Å²) in [6, 6.07) is 10.2. The molecule has 26 heavy (non-hydrogen) atoms. The van der Waals surface area contributed by atoms with Crippen molar-refractivity contribution in [1.29, 1.82) is 5.26 Å². The minimum Gasteiger partial charge on any atom is -0.342 e. The minimum atomic E-state index is -0.248. The molecule has 1 fully saturated rings. The highest BCUT2D eigenvalue weighted by Gasteiger charge is 2.30. The monoisotopic (exact) mass is 369 g/mol. The fraction of sp³-hybridized carbons (Fsp3) is 0.450. The molecule has 0 radical (unpaired) electrons. The maximum absolute atomic E-state index is 12.4. The Kier molecular flexibility index (Phi) is 6.00. The van der Waals surface area contributed by atoms with Gasteiger partial charge in [-0.15, -0.1) is 0 Å². The fourth-order valence-corrected chi connectivity index (χ4v) is 4.36. The molecule has 0 bridgehead atoms. The van der Waals surface area contributed by atoms with Crippen molar-refractivity contribution in [3.05, 3.63) is 46.0 Å². The average Bonchev–Trinajstić information content (AvgIpc) is 2.67. The summed E-state index contributed by atoms with van der Waals surface area (Å²) in [6.07, 6.45) is 3.54. The topological polar surface area (TPSA) is 73.2 Å². The molecule has 136 valence electrons. The van der Waals surface area contributed by atoms with Gasteiger partial charge >= 0.3 is 0 Å². The molecule has 1 N–H and O–H groups in total. The minimum absolute atomic E-state index is 0.0752. The quantitative estimate of drug-likeness (QED) is 0.885. The van der Waals surface area contributed by atoms with Crippen molar-refractivity contribution >= 4 is 23.6 Å². The van der Waals surface area contributed by atoms with Crippen LogP contribution in [-0.2, 0) is 9.59 Å². The number of aryl methyl sites for hydroxylation is 1. The molecular weight excluding hydrogens is 346 g/mol. The largest absolute Gasteiger partial charge is 0.342 e. The van der Waals surface area contributed by atoms with E-state index >= 15 is 0 Å². The summed E-state index contributed by atoms with van der Waals surface area (Å²) in [7, 11) is 0. The summed E-state index contributed by atoms with van der Waals surface area (Å²) in [5.41, 5.74) is 2.64. The average molecular weight is 369 g/mol. The summed E-state index contributed by atoms with van der Waals surface area (Å²) in [4.78, 5) is 26.4. The molecule has 2 aliphatic rings. The molecule has 1 saturated heterocycles. The number of piperidine rings is 1. The van der Waals surface area contributed by atoms with Crippen LogP contribution in [0.15, 0.2) is 34.9 Å². The van der Waals surface area contributed by atoms with Crippen molar-refractivity contribution in [1.82, 2.24) is 10.2 Å². The number of thioether (sulfide) groups is 1. The van der Waals surface area contributed by atoms with E-state index in [2.05, 4.69) is 11.4 Å². The second-order valence-corrected chi connectivity index (χ2v) is 7.79. The first-order valence-corrected chi connectivity index (χ1v) is 9.98. The maximum atomic E-state index is 12.4. The van der Waals surface area contributed by atoms with Crippen LogP contribution < -0.4 is 5.32 Å². The van der Waals surface area contributed by atoms with Gasteiger partial charge in [0, 0.05) is 25.4 Å². The van der Waals surface area contributed by atoms with Gasteiger partial charge in [0.25, 0.3) is 0 Å². The number of rotatable bonds is 4. The smallest absolute Gasteiger partial charge is 0.232 e. The Morgan fingerprint density at radius 2 is 1.96 bits per heavy atom. The van der Waals surface area contributed by atoms with E-state index in [0.29, 0.717) is 10.6 Å². The lowest BCUT2D eigenvalue weighted by molar-refractivity contribution is -0.129. The molecule has 5 nitrogen and oxygen atoms in total. The first kappa shape index (κ1) is 18.5. The molecule has 2 heterocycles. The van der Waals surface area contributed by atoms with E-state index in [-0.39, 0.29) is 29.9 Å². The third-order valence-electron chi connectivity index (χ3n) is 4.88. The summed E-state index contributed by atoms with van der Waals surface area (Å²) >= 11 is 1.27. The molecule has 6 heteroatoms. The summed E-state index contributed by atoms with van der Waals surface area (Å²) in [6.45, 7) is 3.62. The van der Waals surface area contributed by atoms with Crippen LogP contribution in [-0.4, -0.2) is 35.6 Å². The molecule has 0 saturated carbocycles. The van der Waals surface area contributed by atoms with Gasteiger partial charge in [0.2, 0.25) is 11.8 Å². The predicted octanol–water partition coefficient (Wildman–Crippen LogP) is 3.08. The Morgan fingerprint density at radius 1 is 1.27 bits per heavy atom. The van der Waals surface area contributed by atoms with Gasteiger partial charge < -0.3 is 10.2 Å². The van der Waals surface area contributed by atoms with E-state index in [9.17, 15) is 14.9 Å². The zero-order valence-corrected chi connectivity index (χ0v) is 15.8. The first-order chi connectivity index (χ1) is 12.6. The number of amides is 2. The van der Waals surface area contributed by atoms with Crippen LogP contribution in [0.5, 0.6) is 0 Å². The Bertz CT molecular complexity index is 758. The maximum Gasteiger partial charge on any atom is 0.232 e. The number of hydrogen-bond acceptors (Lipinski definition) is 4. The predicted molar refractivity (Wildman–Crippen MR) is 102 cm³/mol. The zero-order valence-electron chi connectivity index (χ0n) is 15.0. The number of carbonyl (C=O) groups excluding carboxylic acids is 2. The molecular formula is C20H23N3O2S. The number of carbonyl (C=O) groups is 2. The summed E-state index contributed by atoms with van der Waals surface area (Å²) in [5.74, 6) is -0.0304. The normalized spacial score (nSPS) is 20.5. The number of nitrogens with zero attached hydrogens (tertiary/aromatic N) is 2. The third-order valence-corrected chi connectivity index (χ3v) is 5.89. The van der Waals surface area contributed by atoms with E-state index < -0.39 is 0 Å². The van der Waals surface area contributed by atoms with Crippen molar-refractivity contribution in [2.75, 3.05) is 18.8 Å². The number of benzene rings is 1. The second kappa shape index (κ2) is 8.41. The number of likely N-dealkylation sites (tertiary alicyclic amines) is 1. The molecule has 3 rings (SSSR count). The van der Waals surface area contributed by atoms with E-state index in [1.165, 1.54) is 18.2 Å². The lowest BCUT2D eigenvalue weighted by Gasteiger charge is -2.28. The van der Waals surface area contributed by atoms with Gasteiger partial charge in [-0.2, -0.15) is 5.26 Å². The second-order valence-electron chi connectivity index (χ2n) is 6.80. The SMILES string of the molecule is Cc1ccc([C@@H]2CC(=O)NC(SCC(=O)N3CCCCC3)=C2C#N)cc1. The standard InChI is InChI=1S/C20H23N3O2S/c1-14-5-7-15(8-6-14)16-11-18(24)22-20(17(16)12-21)26-13-19(25)23-9-3-2-4-10-23/h5-8,16H,2-4,9-11,13H2,1H3,(H,22,24)/t16-/m0/s1. The fourth-order valence-electron chi connectivity index (χ4n) is 3.39. The Hall–Kier alpha value is -2.26. The molecule has 1 atom stereocenters. The van der Waals surface area contributed by atoms with E-state index in [0.717, 1.165) is 37.1 Å². The molecule has 0 unspecified atom stereocenters. The van der Waals surface area contributed by atoms with Gasteiger partial charge in [-0.3, -0.25) is 9.59 Å². The molecule has 1 aromatic rings. The van der Waals surface area contributed by atoms with Crippen molar-refractivity contribution in [2.45, 2.75) is 38.5 Å². The zero-order chi connectivity index (χ0) is 18.5. The van der Waals surface area contributed by atoms with E-state index in [1.54, 1.807) is 0 Å². The van der Waals surface area contributed by atoms with Gasteiger partial charge in [0.15, 0.2) is 0 Å². The molecule has 1 aromatic carbocycles. The highest BCUT2D eigenvalue weighted by atomic mass is 32.2. The molecule has 2 aliphatic heterocycles. The Labute approximate surface area is 158 Å². The molecule has 0 aliphatic carbocycles. The van der Waals surface area contributed by atoms with Crippen molar-refractivity contribution in [3.8, 4) is 6.07 Å². The van der Waals surface area contributed by atoms with Crippen LogP contribution >= 0.6 is 11.8 Å². The highest BCUT2D eigenvalue weighted by molar-refractivity contribution is 8.03. The van der Waals surface area contributed by atoms with Gasteiger partial charge in [-0.1, -0.05) is 41.6 Å². The van der Waals surface area contributed by atoms with E-state index in [1.807, 2.05) is 36.1 Å². The highest BCUT2D eigenvalue weighted by Crippen LogP contribution is 2.36. The van der Waals surface area contributed by atoms with Crippen LogP contribution in [0.4, 0.5) is 0 Å². The van der Waals surface area contributed by atoms with Crippen molar-refractivity contribution in [2.24, 2.45) is 0 Å². The Morgan fingerprint density at radius 3 is 2.62 bits per heavy atom. The van der Waals surface area contributed by atoms with Gasteiger partial charge in [0.1, 0.15) is 0 Å². The van der Waals surface area contributed by atoms with Gasteiger partial charge in [-0.25, -0.2) is 0 Å². The number of nitriles is 1. The first-order valence-electron chi connectivity index (χ1n) is 8.99. The van der Waals surface area contributed by atoms with Crippen LogP contribution in [0.25, 0.3) is 0 Å². The molecule has 0 aromatic heterocycles. The number of hydrogen-bond donors (Lipinski definition) is 1.